The zero-order chi connectivity index (χ0) is 12.2. The molecule has 0 fully saturated rings. The first-order valence-corrected chi connectivity index (χ1v) is 6.40. The lowest BCUT2D eigenvalue weighted by atomic mass is 10.3. The second kappa shape index (κ2) is 5.44. The first-order chi connectivity index (χ1) is 7.45. The Morgan fingerprint density at radius 1 is 1.56 bits per heavy atom. The van der Waals surface area contributed by atoms with Crippen molar-refractivity contribution in [3.63, 3.8) is 0 Å². The van der Waals surface area contributed by atoms with Gasteiger partial charge in [0.1, 0.15) is 5.76 Å². The third-order valence-electron chi connectivity index (χ3n) is 1.96. The molecular weight excluding hydrogens is 232 g/mol. The summed E-state index contributed by atoms with van der Waals surface area (Å²) < 4.78 is 30.6. The van der Waals surface area contributed by atoms with Crippen LogP contribution in [0.1, 0.15) is 19.1 Å². The summed E-state index contributed by atoms with van der Waals surface area (Å²) in [5, 5.41) is 8.83. The summed E-state index contributed by atoms with van der Waals surface area (Å²) in [5.74, 6) is 0.413. The quantitative estimate of drug-likeness (QED) is 0.646. The molecule has 92 valence electrons. The van der Waals surface area contributed by atoms with E-state index >= 15 is 0 Å². The fourth-order valence-corrected chi connectivity index (χ4v) is 2.08. The number of aliphatic hydroxyl groups excluding tert-OH is 1. The van der Waals surface area contributed by atoms with Gasteiger partial charge in [0.15, 0.2) is 0 Å². The fraction of sp³-hybridized carbons (Fsp3) is 0.556. The van der Waals surface area contributed by atoms with E-state index in [1.54, 1.807) is 6.92 Å². The standard InChI is InChI=1S/C9H16N2O4S/c1-7(12)4-5-11-16(13,14)9-3-2-8(6-10)15-9/h2-3,7,11-12H,4-6,10H2,1H3. The van der Waals surface area contributed by atoms with Gasteiger partial charge in [-0.2, -0.15) is 0 Å². The van der Waals surface area contributed by atoms with E-state index in [0.29, 0.717) is 12.2 Å². The monoisotopic (exact) mass is 248 g/mol. The Hall–Kier alpha value is -0.890. The van der Waals surface area contributed by atoms with E-state index in [9.17, 15) is 8.42 Å². The zero-order valence-electron chi connectivity index (χ0n) is 9.01. The number of hydrogen-bond donors (Lipinski definition) is 3. The topological polar surface area (TPSA) is 106 Å². The fourth-order valence-electron chi connectivity index (χ4n) is 1.09. The number of hydrogen-bond acceptors (Lipinski definition) is 5. The molecule has 0 aliphatic carbocycles. The van der Waals surface area contributed by atoms with Crippen LogP contribution in [0.4, 0.5) is 0 Å². The van der Waals surface area contributed by atoms with E-state index in [0.717, 1.165) is 0 Å². The van der Waals surface area contributed by atoms with E-state index in [4.69, 9.17) is 15.3 Å². The van der Waals surface area contributed by atoms with Gasteiger partial charge in [-0.15, -0.1) is 0 Å². The van der Waals surface area contributed by atoms with Crippen LogP contribution in [0.5, 0.6) is 0 Å². The number of nitrogens with one attached hydrogen (secondary N) is 1. The number of furan rings is 1. The summed E-state index contributed by atoms with van der Waals surface area (Å²) in [7, 11) is -3.63. The Balaban J connectivity index is 2.63. The smallest absolute Gasteiger partial charge is 0.273 e. The largest absolute Gasteiger partial charge is 0.447 e. The summed E-state index contributed by atoms with van der Waals surface area (Å²) in [6.07, 6.45) is -0.192. The van der Waals surface area contributed by atoms with Crippen LogP contribution in [0.15, 0.2) is 21.6 Å². The zero-order valence-corrected chi connectivity index (χ0v) is 9.83. The van der Waals surface area contributed by atoms with Gasteiger partial charge in [0, 0.05) is 6.54 Å². The second-order valence-corrected chi connectivity index (χ2v) is 5.16. The average Bonchev–Trinajstić information content (AvgIpc) is 2.65. The van der Waals surface area contributed by atoms with Gasteiger partial charge in [-0.25, -0.2) is 13.1 Å². The molecule has 6 nitrogen and oxygen atoms in total. The molecule has 0 aliphatic rings. The van der Waals surface area contributed by atoms with E-state index in [1.165, 1.54) is 12.1 Å². The lowest BCUT2D eigenvalue weighted by molar-refractivity contribution is 0.186. The van der Waals surface area contributed by atoms with Crippen LogP contribution in [-0.4, -0.2) is 26.2 Å². The maximum Gasteiger partial charge on any atom is 0.273 e. The lowest BCUT2D eigenvalue weighted by Crippen LogP contribution is -2.26. The summed E-state index contributed by atoms with van der Waals surface area (Å²) in [6.45, 7) is 1.91. The van der Waals surface area contributed by atoms with Crippen molar-refractivity contribution in [1.82, 2.24) is 4.72 Å². The molecule has 0 amide bonds. The predicted molar refractivity (Wildman–Crippen MR) is 58.1 cm³/mol. The van der Waals surface area contributed by atoms with E-state index < -0.39 is 16.1 Å². The molecule has 7 heteroatoms. The Kier molecular flexibility index (Phi) is 4.48. The van der Waals surface area contributed by atoms with Crippen LogP contribution in [0.2, 0.25) is 0 Å². The van der Waals surface area contributed by atoms with Crippen molar-refractivity contribution in [3.8, 4) is 0 Å². The average molecular weight is 248 g/mol. The van der Waals surface area contributed by atoms with Crippen LogP contribution in [0, 0.1) is 0 Å². The highest BCUT2D eigenvalue weighted by Gasteiger charge is 2.17. The van der Waals surface area contributed by atoms with Crippen molar-refractivity contribution in [2.75, 3.05) is 6.54 Å². The number of sulfonamides is 1. The molecule has 0 aliphatic heterocycles. The van der Waals surface area contributed by atoms with Gasteiger partial charge in [-0.1, -0.05) is 0 Å². The van der Waals surface area contributed by atoms with Gasteiger partial charge in [0.25, 0.3) is 10.0 Å². The first-order valence-electron chi connectivity index (χ1n) is 4.92. The molecule has 16 heavy (non-hydrogen) atoms. The summed E-state index contributed by atoms with van der Waals surface area (Å²) >= 11 is 0. The Labute approximate surface area is 94.5 Å². The third kappa shape index (κ3) is 3.60. The van der Waals surface area contributed by atoms with E-state index in [1.807, 2.05) is 0 Å². The Morgan fingerprint density at radius 2 is 2.25 bits per heavy atom. The molecule has 0 aromatic carbocycles. The lowest BCUT2D eigenvalue weighted by Gasteiger charge is -2.05. The van der Waals surface area contributed by atoms with Crippen LogP contribution in [0.25, 0.3) is 0 Å². The molecule has 1 rings (SSSR count). The first kappa shape index (κ1) is 13.2. The summed E-state index contributed by atoms with van der Waals surface area (Å²) in [5.41, 5.74) is 5.30. The maximum absolute atomic E-state index is 11.6. The summed E-state index contributed by atoms with van der Waals surface area (Å²) in [6, 6.07) is 2.87. The molecule has 1 atom stereocenters. The molecular formula is C9H16N2O4S. The maximum atomic E-state index is 11.6. The van der Waals surface area contributed by atoms with Gasteiger partial charge in [-0.05, 0) is 25.5 Å². The van der Waals surface area contributed by atoms with Crippen LogP contribution in [0.3, 0.4) is 0 Å². The van der Waals surface area contributed by atoms with Gasteiger partial charge < -0.3 is 15.3 Å². The highest BCUT2D eigenvalue weighted by Crippen LogP contribution is 2.13. The molecule has 1 unspecified atom stereocenters. The highest BCUT2D eigenvalue weighted by molar-refractivity contribution is 7.89. The molecule has 0 radical (unpaired) electrons. The minimum atomic E-state index is -3.63. The molecule has 0 bridgehead atoms. The SMILES string of the molecule is CC(O)CCNS(=O)(=O)c1ccc(CN)o1. The summed E-state index contributed by atoms with van der Waals surface area (Å²) in [4.78, 5) is 0. The van der Waals surface area contributed by atoms with Crippen molar-refractivity contribution in [2.45, 2.75) is 31.1 Å². The van der Waals surface area contributed by atoms with Crippen molar-refractivity contribution in [3.05, 3.63) is 17.9 Å². The minimum absolute atomic E-state index is 0.154. The van der Waals surface area contributed by atoms with Crippen molar-refractivity contribution < 1.29 is 17.9 Å². The Bertz CT molecular complexity index is 424. The molecule has 1 heterocycles. The number of rotatable bonds is 6. The molecule has 0 saturated carbocycles. The number of nitrogens with two attached hydrogens (primary N) is 1. The van der Waals surface area contributed by atoms with Gasteiger partial charge in [0.2, 0.25) is 5.09 Å². The third-order valence-corrected chi connectivity index (χ3v) is 3.29. The predicted octanol–water partition coefficient (Wildman–Crippen LogP) is -0.213. The van der Waals surface area contributed by atoms with Crippen LogP contribution < -0.4 is 10.5 Å². The van der Waals surface area contributed by atoms with E-state index in [-0.39, 0.29) is 18.2 Å². The van der Waals surface area contributed by atoms with Gasteiger partial charge in [-0.3, -0.25) is 0 Å². The van der Waals surface area contributed by atoms with Crippen molar-refractivity contribution in [2.24, 2.45) is 5.73 Å². The van der Waals surface area contributed by atoms with Gasteiger partial charge in [0.05, 0.1) is 12.6 Å². The molecule has 4 N–H and O–H groups in total. The normalized spacial score (nSPS) is 13.9. The van der Waals surface area contributed by atoms with Crippen molar-refractivity contribution in [1.29, 1.82) is 0 Å². The number of aliphatic hydroxyl groups is 1. The van der Waals surface area contributed by atoms with Crippen LogP contribution >= 0.6 is 0 Å². The second-order valence-electron chi connectivity index (χ2n) is 3.46. The highest BCUT2D eigenvalue weighted by atomic mass is 32.2. The van der Waals surface area contributed by atoms with E-state index in [2.05, 4.69) is 4.72 Å². The van der Waals surface area contributed by atoms with Crippen molar-refractivity contribution >= 4 is 10.0 Å². The van der Waals surface area contributed by atoms with Crippen LogP contribution in [-0.2, 0) is 16.6 Å². The molecule has 0 saturated heterocycles. The molecule has 1 aromatic rings. The van der Waals surface area contributed by atoms with Gasteiger partial charge >= 0.3 is 0 Å². The Morgan fingerprint density at radius 3 is 2.75 bits per heavy atom. The molecule has 1 aromatic heterocycles. The molecule has 0 spiro atoms. The minimum Gasteiger partial charge on any atom is -0.447 e.